The number of H-pyrrole nitrogens is 1. The summed E-state index contributed by atoms with van der Waals surface area (Å²) < 4.78 is 0. The summed E-state index contributed by atoms with van der Waals surface area (Å²) in [5, 5.41) is 0.750. The van der Waals surface area contributed by atoms with Crippen molar-refractivity contribution in [2.24, 2.45) is 0 Å². The van der Waals surface area contributed by atoms with Gasteiger partial charge in [-0.05, 0) is 18.1 Å². The van der Waals surface area contributed by atoms with Gasteiger partial charge in [-0.15, -0.1) is 11.8 Å². The van der Waals surface area contributed by atoms with Crippen molar-refractivity contribution in [1.29, 1.82) is 0 Å². The van der Waals surface area contributed by atoms with Crippen molar-refractivity contribution in [2.75, 3.05) is 11.5 Å². The van der Waals surface area contributed by atoms with E-state index < -0.39 is 0 Å². The first-order valence-corrected chi connectivity index (χ1v) is 9.18. The van der Waals surface area contributed by atoms with Crippen LogP contribution in [0.1, 0.15) is 30.5 Å². The molecule has 3 nitrogen and oxygen atoms in total. The molecule has 3 rings (SSSR count). The van der Waals surface area contributed by atoms with Crippen LogP contribution >= 0.6 is 23.5 Å². The van der Waals surface area contributed by atoms with Crippen molar-refractivity contribution in [3.63, 3.8) is 0 Å². The number of rotatable bonds is 5. The first kappa shape index (κ1) is 14.7. The summed E-state index contributed by atoms with van der Waals surface area (Å²) >= 11 is 3.58. The Hall–Kier alpha value is -1.20. The highest BCUT2D eigenvalue weighted by atomic mass is 32.2. The SMILES string of the molecule is CCCc1cc(=O)[nH]c(SCC2CSc3ccccc32)n1. The van der Waals surface area contributed by atoms with Crippen LogP contribution in [-0.4, -0.2) is 21.5 Å². The molecule has 0 bridgehead atoms. The minimum atomic E-state index is -0.0443. The van der Waals surface area contributed by atoms with E-state index in [9.17, 15) is 4.79 Å². The Balaban J connectivity index is 1.70. The zero-order chi connectivity index (χ0) is 14.7. The molecule has 5 heteroatoms. The highest BCUT2D eigenvalue weighted by Crippen LogP contribution is 2.41. The van der Waals surface area contributed by atoms with E-state index in [1.54, 1.807) is 17.8 Å². The Morgan fingerprint density at radius 2 is 2.29 bits per heavy atom. The van der Waals surface area contributed by atoms with Crippen LogP contribution < -0.4 is 5.56 Å². The first-order valence-electron chi connectivity index (χ1n) is 7.21. The average molecular weight is 318 g/mol. The van der Waals surface area contributed by atoms with Gasteiger partial charge in [0.1, 0.15) is 0 Å². The van der Waals surface area contributed by atoms with Gasteiger partial charge >= 0.3 is 0 Å². The van der Waals surface area contributed by atoms with Crippen molar-refractivity contribution >= 4 is 23.5 Å². The maximum Gasteiger partial charge on any atom is 0.251 e. The van der Waals surface area contributed by atoms with Gasteiger partial charge in [0.05, 0.1) is 0 Å². The molecule has 0 amide bonds. The minimum Gasteiger partial charge on any atom is -0.301 e. The lowest BCUT2D eigenvalue weighted by atomic mass is 10.0. The van der Waals surface area contributed by atoms with Crippen LogP contribution in [0.5, 0.6) is 0 Å². The normalized spacial score (nSPS) is 16.9. The summed E-state index contributed by atoms with van der Waals surface area (Å²) in [6.07, 6.45) is 1.87. The Morgan fingerprint density at radius 1 is 1.43 bits per heavy atom. The monoisotopic (exact) mass is 318 g/mol. The molecule has 110 valence electrons. The molecule has 1 atom stereocenters. The lowest BCUT2D eigenvalue weighted by Crippen LogP contribution is -2.11. The molecule has 1 N–H and O–H groups in total. The molecule has 0 aliphatic carbocycles. The second-order valence-corrected chi connectivity index (χ2v) is 7.22. The maximum atomic E-state index is 11.7. The standard InChI is InChI=1S/C16H18N2OS2/c1-2-5-12-8-15(19)18-16(17-12)21-10-11-9-20-14-7-4-3-6-13(11)14/h3-4,6-8,11H,2,5,9-10H2,1H3,(H,17,18,19). The smallest absolute Gasteiger partial charge is 0.251 e. The zero-order valence-electron chi connectivity index (χ0n) is 12.0. The third kappa shape index (κ3) is 3.52. The van der Waals surface area contributed by atoms with Gasteiger partial charge in [0.2, 0.25) is 0 Å². The summed E-state index contributed by atoms with van der Waals surface area (Å²) in [5.74, 6) is 2.62. The fourth-order valence-corrected chi connectivity index (χ4v) is 4.90. The quantitative estimate of drug-likeness (QED) is 0.674. The topological polar surface area (TPSA) is 45.8 Å². The van der Waals surface area contributed by atoms with E-state index in [1.165, 1.54) is 10.5 Å². The number of benzene rings is 1. The number of nitrogens with zero attached hydrogens (tertiary/aromatic N) is 1. The van der Waals surface area contributed by atoms with Crippen LogP contribution in [0.25, 0.3) is 0 Å². The number of thioether (sulfide) groups is 2. The zero-order valence-corrected chi connectivity index (χ0v) is 13.6. The van der Waals surface area contributed by atoms with E-state index in [0.717, 1.165) is 35.2 Å². The molecule has 1 aliphatic heterocycles. The molecule has 0 radical (unpaired) electrons. The average Bonchev–Trinajstić information content (AvgIpc) is 2.88. The molecular formula is C16H18N2OS2. The first-order chi connectivity index (χ1) is 10.3. The van der Waals surface area contributed by atoms with E-state index in [-0.39, 0.29) is 5.56 Å². The molecule has 1 aliphatic rings. The number of aryl methyl sites for hydroxylation is 1. The van der Waals surface area contributed by atoms with Crippen LogP contribution in [0.2, 0.25) is 0 Å². The number of nitrogens with one attached hydrogen (secondary N) is 1. The second-order valence-electron chi connectivity index (χ2n) is 5.15. The maximum absolute atomic E-state index is 11.7. The Morgan fingerprint density at radius 3 is 3.14 bits per heavy atom. The van der Waals surface area contributed by atoms with Gasteiger partial charge in [0.15, 0.2) is 5.16 Å². The summed E-state index contributed by atoms with van der Waals surface area (Å²) in [5.41, 5.74) is 2.28. The molecule has 0 saturated heterocycles. The van der Waals surface area contributed by atoms with Crippen LogP contribution in [0.3, 0.4) is 0 Å². The molecule has 0 fully saturated rings. The summed E-state index contributed by atoms with van der Waals surface area (Å²) in [4.78, 5) is 20.4. The van der Waals surface area contributed by atoms with Crippen LogP contribution in [-0.2, 0) is 6.42 Å². The third-order valence-electron chi connectivity index (χ3n) is 3.50. The molecule has 2 heterocycles. The number of hydrogen-bond donors (Lipinski definition) is 1. The molecule has 1 unspecified atom stereocenters. The van der Waals surface area contributed by atoms with Gasteiger partial charge in [-0.2, -0.15) is 0 Å². The van der Waals surface area contributed by atoms with Gasteiger partial charge in [-0.3, -0.25) is 4.79 Å². The summed E-state index contributed by atoms with van der Waals surface area (Å²) in [6, 6.07) is 10.2. The van der Waals surface area contributed by atoms with Gasteiger partial charge in [0.25, 0.3) is 5.56 Å². The van der Waals surface area contributed by atoms with Crippen molar-refractivity contribution in [3.8, 4) is 0 Å². The van der Waals surface area contributed by atoms with Gasteiger partial charge in [-0.1, -0.05) is 43.3 Å². The molecule has 1 aromatic heterocycles. The Labute approximate surface area is 133 Å². The molecule has 21 heavy (non-hydrogen) atoms. The number of aromatic amines is 1. The number of fused-ring (bicyclic) bond motifs is 1. The van der Waals surface area contributed by atoms with E-state index in [1.807, 2.05) is 11.8 Å². The highest BCUT2D eigenvalue weighted by Gasteiger charge is 2.22. The predicted molar refractivity (Wildman–Crippen MR) is 89.5 cm³/mol. The predicted octanol–water partition coefficient (Wildman–Crippen LogP) is 3.70. The summed E-state index contributed by atoms with van der Waals surface area (Å²) in [6.45, 7) is 2.10. The molecule has 1 aromatic carbocycles. The highest BCUT2D eigenvalue weighted by molar-refractivity contribution is 8.00. The van der Waals surface area contributed by atoms with E-state index in [4.69, 9.17) is 0 Å². The second kappa shape index (κ2) is 6.71. The fourth-order valence-electron chi connectivity index (χ4n) is 2.48. The van der Waals surface area contributed by atoms with Crippen LogP contribution in [0.15, 0.2) is 45.2 Å². The van der Waals surface area contributed by atoms with E-state index >= 15 is 0 Å². The van der Waals surface area contributed by atoms with Crippen molar-refractivity contribution in [3.05, 3.63) is 51.9 Å². The minimum absolute atomic E-state index is 0.0443. The molecule has 0 saturated carbocycles. The number of hydrogen-bond acceptors (Lipinski definition) is 4. The van der Waals surface area contributed by atoms with Crippen molar-refractivity contribution in [1.82, 2.24) is 9.97 Å². The van der Waals surface area contributed by atoms with Crippen molar-refractivity contribution < 1.29 is 0 Å². The largest absolute Gasteiger partial charge is 0.301 e. The van der Waals surface area contributed by atoms with Gasteiger partial charge in [0, 0.05) is 34.1 Å². The van der Waals surface area contributed by atoms with Crippen molar-refractivity contribution in [2.45, 2.75) is 35.7 Å². The van der Waals surface area contributed by atoms with Gasteiger partial charge < -0.3 is 4.98 Å². The van der Waals surface area contributed by atoms with Gasteiger partial charge in [-0.25, -0.2) is 4.98 Å². The van der Waals surface area contributed by atoms with Crippen LogP contribution in [0, 0.1) is 0 Å². The third-order valence-corrected chi connectivity index (χ3v) is 5.79. The Kier molecular flexibility index (Phi) is 4.70. The Bertz CT molecular complexity index is 684. The molecule has 2 aromatic rings. The molecule has 0 spiro atoms. The van der Waals surface area contributed by atoms with E-state index in [0.29, 0.717) is 5.92 Å². The number of aromatic nitrogens is 2. The van der Waals surface area contributed by atoms with Crippen LogP contribution in [0.4, 0.5) is 0 Å². The summed E-state index contributed by atoms with van der Waals surface area (Å²) in [7, 11) is 0. The lowest BCUT2D eigenvalue weighted by molar-refractivity contribution is 0.812. The molecular weight excluding hydrogens is 300 g/mol. The fraction of sp³-hybridized carbons (Fsp3) is 0.375. The lowest BCUT2D eigenvalue weighted by Gasteiger charge is -2.10. The van der Waals surface area contributed by atoms with E-state index in [2.05, 4.69) is 41.2 Å².